The summed E-state index contributed by atoms with van der Waals surface area (Å²) in [6, 6.07) is 4.30. The molecule has 0 spiro atoms. The Bertz CT molecular complexity index is 443. The zero-order valence-electron chi connectivity index (χ0n) is 10.7. The summed E-state index contributed by atoms with van der Waals surface area (Å²) < 4.78 is 0. The van der Waals surface area contributed by atoms with E-state index in [2.05, 4.69) is 10.3 Å². The smallest absolute Gasteiger partial charge is 0.321 e. The van der Waals surface area contributed by atoms with Gasteiger partial charge in [-0.2, -0.15) is 0 Å². The number of urea groups is 1. The predicted molar refractivity (Wildman–Crippen MR) is 70.4 cm³/mol. The van der Waals surface area contributed by atoms with Crippen molar-refractivity contribution in [3.05, 3.63) is 23.9 Å². The Hall–Kier alpha value is -1.58. The molecule has 18 heavy (non-hydrogen) atoms. The lowest BCUT2D eigenvalue weighted by Gasteiger charge is -2.50. The van der Waals surface area contributed by atoms with Gasteiger partial charge in [-0.1, -0.05) is 18.9 Å². The van der Waals surface area contributed by atoms with Crippen LogP contribution in [0.15, 0.2) is 18.3 Å². The normalized spacial score (nSPS) is 26.2. The molecule has 2 aliphatic rings. The maximum Gasteiger partial charge on any atom is 0.323 e. The second-order valence-electron chi connectivity index (χ2n) is 5.42. The third kappa shape index (κ3) is 2.07. The van der Waals surface area contributed by atoms with Gasteiger partial charge in [0.05, 0.1) is 0 Å². The van der Waals surface area contributed by atoms with Crippen LogP contribution in [-0.2, 0) is 0 Å². The molecule has 0 radical (unpaired) electrons. The predicted octanol–water partition coefficient (Wildman–Crippen LogP) is 2.80. The van der Waals surface area contributed by atoms with Crippen molar-refractivity contribution in [1.82, 2.24) is 9.88 Å². The van der Waals surface area contributed by atoms with Crippen molar-refractivity contribution >= 4 is 11.8 Å². The number of anilines is 1. The van der Waals surface area contributed by atoms with E-state index >= 15 is 0 Å². The summed E-state index contributed by atoms with van der Waals surface area (Å²) in [7, 11) is 0. The van der Waals surface area contributed by atoms with Crippen molar-refractivity contribution in [3.63, 3.8) is 0 Å². The lowest BCUT2D eigenvalue weighted by Crippen LogP contribution is -2.60. The lowest BCUT2D eigenvalue weighted by atomic mass is 9.77. The van der Waals surface area contributed by atoms with Crippen molar-refractivity contribution in [2.75, 3.05) is 11.9 Å². The van der Waals surface area contributed by atoms with Crippen molar-refractivity contribution in [2.24, 2.45) is 5.92 Å². The van der Waals surface area contributed by atoms with E-state index in [1.54, 1.807) is 6.20 Å². The van der Waals surface area contributed by atoms with Gasteiger partial charge in [-0.3, -0.25) is 5.32 Å². The molecule has 3 rings (SSSR count). The molecule has 2 atom stereocenters. The van der Waals surface area contributed by atoms with Gasteiger partial charge in [0.1, 0.15) is 5.82 Å². The van der Waals surface area contributed by atoms with Crippen molar-refractivity contribution in [3.8, 4) is 0 Å². The Morgan fingerprint density at radius 1 is 1.39 bits per heavy atom. The van der Waals surface area contributed by atoms with Gasteiger partial charge in [0.25, 0.3) is 0 Å². The Kier molecular flexibility index (Phi) is 2.94. The van der Waals surface area contributed by atoms with Crippen LogP contribution in [0, 0.1) is 12.8 Å². The Labute approximate surface area is 107 Å². The summed E-state index contributed by atoms with van der Waals surface area (Å²) in [5.41, 5.74) is 1.10. The maximum atomic E-state index is 12.1. The Balaban J connectivity index is 1.60. The van der Waals surface area contributed by atoms with E-state index in [4.69, 9.17) is 0 Å². The molecule has 1 aliphatic heterocycles. The zero-order valence-corrected chi connectivity index (χ0v) is 10.7. The largest absolute Gasteiger partial charge is 0.323 e. The number of aryl methyl sites for hydroxylation is 1. The fourth-order valence-corrected chi connectivity index (χ4v) is 3.02. The number of nitrogens with zero attached hydrogens (tertiary/aromatic N) is 2. The summed E-state index contributed by atoms with van der Waals surface area (Å²) in [4.78, 5) is 18.3. The minimum Gasteiger partial charge on any atom is -0.321 e. The maximum absolute atomic E-state index is 12.1. The van der Waals surface area contributed by atoms with Crippen LogP contribution < -0.4 is 5.32 Å². The number of hydrogen-bond donors (Lipinski definition) is 1. The highest BCUT2D eigenvalue weighted by atomic mass is 16.2. The van der Waals surface area contributed by atoms with E-state index in [-0.39, 0.29) is 6.03 Å². The van der Waals surface area contributed by atoms with Gasteiger partial charge in [-0.15, -0.1) is 0 Å². The van der Waals surface area contributed by atoms with Gasteiger partial charge in [-0.05, 0) is 37.3 Å². The quantitative estimate of drug-likeness (QED) is 0.827. The molecule has 4 nitrogen and oxygen atoms in total. The fraction of sp³-hybridized carbons (Fsp3) is 0.571. The molecule has 1 aromatic heterocycles. The first-order chi connectivity index (χ1) is 8.74. The summed E-state index contributed by atoms with van der Waals surface area (Å²) >= 11 is 0. The number of carbonyl (C=O) groups is 1. The number of amides is 2. The first-order valence-electron chi connectivity index (χ1n) is 6.74. The average Bonchev–Trinajstić information content (AvgIpc) is 2.34. The molecule has 0 unspecified atom stereocenters. The molecule has 1 saturated carbocycles. The van der Waals surface area contributed by atoms with Gasteiger partial charge < -0.3 is 4.90 Å². The van der Waals surface area contributed by atoms with Gasteiger partial charge in [-0.25, -0.2) is 9.78 Å². The van der Waals surface area contributed by atoms with Crippen molar-refractivity contribution in [1.29, 1.82) is 0 Å². The topological polar surface area (TPSA) is 45.2 Å². The molecule has 2 amide bonds. The Morgan fingerprint density at radius 3 is 2.94 bits per heavy atom. The monoisotopic (exact) mass is 245 g/mol. The van der Waals surface area contributed by atoms with E-state index in [9.17, 15) is 4.79 Å². The summed E-state index contributed by atoms with van der Waals surface area (Å²) in [6.07, 6.45) is 6.82. The van der Waals surface area contributed by atoms with Crippen LogP contribution in [0.4, 0.5) is 10.6 Å². The number of nitrogens with one attached hydrogen (secondary N) is 1. The molecule has 96 valence electrons. The van der Waals surface area contributed by atoms with Crippen LogP contribution in [0.1, 0.15) is 31.2 Å². The van der Waals surface area contributed by atoms with E-state index < -0.39 is 0 Å². The highest BCUT2D eigenvalue weighted by molar-refractivity contribution is 5.89. The SMILES string of the molecule is Cc1ccc(NC(=O)N2C[C@@H]3CCCC[C@@H]32)nc1. The van der Waals surface area contributed by atoms with E-state index in [0.717, 1.165) is 18.0 Å². The third-order valence-corrected chi connectivity index (χ3v) is 4.11. The van der Waals surface area contributed by atoms with Crippen molar-refractivity contribution in [2.45, 2.75) is 38.6 Å². The van der Waals surface area contributed by atoms with E-state index in [1.807, 2.05) is 24.0 Å². The second kappa shape index (κ2) is 4.59. The molecule has 0 bridgehead atoms. The molecule has 1 N–H and O–H groups in total. The summed E-state index contributed by atoms with van der Waals surface area (Å²) in [5.74, 6) is 1.39. The van der Waals surface area contributed by atoms with E-state index in [1.165, 1.54) is 25.7 Å². The number of pyridine rings is 1. The van der Waals surface area contributed by atoms with Crippen LogP contribution in [-0.4, -0.2) is 28.5 Å². The molecule has 2 heterocycles. The molecule has 1 aromatic rings. The lowest BCUT2D eigenvalue weighted by molar-refractivity contribution is 0.0255. The summed E-state index contributed by atoms with van der Waals surface area (Å²) in [6.45, 7) is 2.91. The highest BCUT2D eigenvalue weighted by Gasteiger charge is 2.42. The van der Waals surface area contributed by atoms with Gasteiger partial charge in [0.2, 0.25) is 0 Å². The molecule has 4 heteroatoms. The van der Waals surface area contributed by atoms with Gasteiger partial charge in [0.15, 0.2) is 0 Å². The van der Waals surface area contributed by atoms with Crippen LogP contribution in [0.2, 0.25) is 0 Å². The first kappa shape index (κ1) is 11.5. The number of carbonyl (C=O) groups excluding carboxylic acids is 1. The van der Waals surface area contributed by atoms with Gasteiger partial charge in [0, 0.05) is 18.8 Å². The van der Waals surface area contributed by atoms with Crippen LogP contribution in [0.5, 0.6) is 0 Å². The number of hydrogen-bond acceptors (Lipinski definition) is 2. The number of aromatic nitrogens is 1. The standard InChI is InChI=1S/C14H19N3O/c1-10-6-7-13(15-8-10)16-14(18)17-9-11-4-2-3-5-12(11)17/h6-8,11-12H,2-5,9H2,1H3,(H,15,16,18)/t11-,12-/m0/s1. The van der Waals surface area contributed by atoms with Crippen molar-refractivity contribution < 1.29 is 4.79 Å². The summed E-state index contributed by atoms with van der Waals surface area (Å²) in [5, 5.41) is 2.88. The number of rotatable bonds is 1. The molecule has 2 fully saturated rings. The molecule has 1 saturated heterocycles. The van der Waals surface area contributed by atoms with Gasteiger partial charge >= 0.3 is 6.03 Å². The number of likely N-dealkylation sites (tertiary alicyclic amines) is 1. The van der Waals surface area contributed by atoms with Crippen LogP contribution >= 0.6 is 0 Å². The fourth-order valence-electron chi connectivity index (χ4n) is 3.02. The number of fused-ring (bicyclic) bond motifs is 1. The molecule has 0 aromatic carbocycles. The molecular weight excluding hydrogens is 226 g/mol. The minimum absolute atomic E-state index is 0.00880. The minimum atomic E-state index is 0.00880. The molecule has 1 aliphatic carbocycles. The molecular formula is C14H19N3O. The third-order valence-electron chi connectivity index (χ3n) is 4.11. The van der Waals surface area contributed by atoms with Crippen LogP contribution in [0.3, 0.4) is 0 Å². The zero-order chi connectivity index (χ0) is 12.5. The average molecular weight is 245 g/mol. The van der Waals surface area contributed by atoms with E-state index in [0.29, 0.717) is 11.9 Å². The highest BCUT2D eigenvalue weighted by Crippen LogP contribution is 2.37. The Morgan fingerprint density at radius 2 is 2.22 bits per heavy atom. The first-order valence-corrected chi connectivity index (χ1v) is 6.74. The van der Waals surface area contributed by atoms with Crippen LogP contribution in [0.25, 0.3) is 0 Å². The second-order valence-corrected chi connectivity index (χ2v) is 5.42.